The molecule has 0 fully saturated rings. The molecule has 4 heteroatoms. The monoisotopic (exact) mass is 257 g/mol. The average molecular weight is 257 g/mol. The van der Waals surface area contributed by atoms with Crippen molar-refractivity contribution in [2.75, 3.05) is 0 Å². The molecule has 1 aromatic carbocycles. The van der Waals surface area contributed by atoms with Crippen LogP contribution in [0.3, 0.4) is 0 Å². The second-order valence-electron chi connectivity index (χ2n) is 4.96. The molecule has 0 amide bonds. The molecule has 0 saturated carbocycles. The molecule has 1 aliphatic carbocycles. The van der Waals surface area contributed by atoms with Gasteiger partial charge in [-0.15, -0.1) is 0 Å². The van der Waals surface area contributed by atoms with E-state index >= 15 is 0 Å². The molecule has 0 spiro atoms. The van der Waals surface area contributed by atoms with Crippen LogP contribution in [0.15, 0.2) is 39.5 Å². The van der Waals surface area contributed by atoms with E-state index in [0.29, 0.717) is 18.6 Å². The van der Waals surface area contributed by atoms with Gasteiger partial charge in [0.2, 0.25) is 0 Å². The number of carbonyl (C=O) groups is 1. The Balaban J connectivity index is 2.06. The maximum absolute atomic E-state index is 12.0. The molecule has 0 unspecified atom stereocenters. The van der Waals surface area contributed by atoms with Crippen molar-refractivity contribution in [2.45, 2.75) is 26.2 Å². The van der Waals surface area contributed by atoms with E-state index in [9.17, 15) is 9.59 Å². The smallest absolute Gasteiger partial charge is 0.412 e. The van der Waals surface area contributed by atoms with Crippen LogP contribution < -0.4 is 5.76 Å². The van der Waals surface area contributed by atoms with Crippen molar-refractivity contribution < 1.29 is 9.21 Å². The third kappa shape index (κ3) is 2.03. The van der Waals surface area contributed by atoms with E-state index in [1.165, 1.54) is 0 Å². The highest BCUT2D eigenvalue weighted by Crippen LogP contribution is 2.27. The van der Waals surface area contributed by atoms with Crippen LogP contribution in [0.4, 0.5) is 0 Å². The molecule has 1 atom stereocenters. The van der Waals surface area contributed by atoms with Crippen LogP contribution >= 0.6 is 0 Å². The van der Waals surface area contributed by atoms with Crippen LogP contribution in [0.25, 0.3) is 5.69 Å². The number of carbonyl (C=O) groups excluding carboxylic acids is 1. The quantitative estimate of drug-likeness (QED) is 0.828. The highest BCUT2D eigenvalue weighted by Gasteiger charge is 2.28. The van der Waals surface area contributed by atoms with Gasteiger partial charge in [-0.05, 0) is 31.9 Å². The molecule has 1 aliphatic rings. The van der Waals surface area contributed by atoms with Crippen molar-refractivity contribution in [3.63, 3.8) is 0 Å². The summed E-state index contributed by atoms with van der Waals surface area (Å²) in [7, 11) is 0. The molecule has 98 valence electrons. The van der Waals surface area contributed by atoms with Crippen molar-refractivity contribution >= 4 is 5.78 Å². The highest BCUT2D eigenvalue weighted by molar-refractivity contribution is 5.78. The first kappa shape index (κ1) is 12.0. The molecule has 1 heterocycles. The summed E-state index contributed by atoms with van der Waals surface area (Å²) >= 11 is 0. The van der Waals surface area contributed by atoms with Gasteiger partial charge >= 0.3 is 5.76 Å². The van der Waals surface area contributed by atoms with Crippen LogP contribution in [-0.4, -0.2) is 10.4 Å². The Kier molecular flexibility index (Phi) is 2.85. The molecule has 3 rings (SSSR count). The van der Waals surface area contributed by atoms with Crippen LogP contribution in [0, 0.1) is 5.92 Å². The zero-order chi connectivity index (χ0) is 13.4. The minimum absolute atomic E-state index is 0.0118. The Morgan fingerprint density at radius 3 is 2.74 bits per heavy atom. The molecular formula is C15H15NO3. The number of Topliss-reactive ketones (excluding diaryl/α,β-unsaturated/α-hetero) is 1. The van der Waals surface area contributed by atoms with Crippen molar-refractivity contribution in [1.82, 2.24) is 4.57 Å². The number of ketones is 1. The van der Waals surface area contributed by atoms with Crippen molar-refractivity contribution in [1.29, 1.82) is 0 Å². The maximum atomic E-state index is 12.0. The van der Waals surface area contributed by atoms with Crippen LogP contribution in [-0.2, 0) is 17.6 Å². The lowest BCUT2D eigenvalue weighted by Gasteiger charge is -2.19. The second-order valence-corrected chi connectivity index (χ2v) is 4.96. The summed E-state index contributed by atoms with van der Waals surface area (Å²) in [5, 5.41) is 0. The van der Waals surface area contributed by atoms with Crippen LogP contribution in [0.2, 0.25) is 0 Å². The topological polar surface area (TPSA) is 52.2 Å². The Bertz CT molecular complexity index is 666. The molecular weight excluding hydrogens is 242 g/mol. The average Bonchev–Trinajstić information content (AvgIpc) is 2.74. The summed E-state index contributed by atoms with van der Waals surface area (Å²) in [5.74, 6) is 0.462. The lowest BCUT2D eigenvalue weighted by atomic mass is 9.87. The minimum Gasteiger partial charge on any atom is -0.412 e. The van der Waals surface area contributed by atoms with Gasteiger partial charge < -0.3 is 4.42 Å². The minimum atomic E-state index is -0.361. The number of para-hydroxylation sites is 1. The fourth-order valence-electron chi connectivity index (χ4n) is 2.68. The van der Waals surface area contributed by atoms with E-state index in [2.05, 4.69) is 0 Å². The fraction of sp³-hybridized carbons (Fsp3) is 0.333. The van der Waals surface area contributed by atoms with E-state index in [0.717, 1.165) is 17.8 Å². The third-order valence-electron chi connectivity index (χ3n) is 3.74. The number of hydrogen-bond acceptors (Lipinski definition) is 3. The highest BCUT2D eigenvalue weighted by atomic mass is 16.4. The Morgan fingerprint density at radius 1 is 1.32 bits per heavy atom. The van der Waals surface area contributed by atoms with Gasteiger partial charge in [0.05, 0.1) is 11.4 Å². The van der Waals surface area contributed by atoms with E-state index < -0.39 is 0 Å². The molecule has 0 aliphatic heterocycles. The molecule has 0 N–H and O–H groups in total. The molecule has 1 aromatic heterocycles. The summed E-state index contributed by atoms with van der Waals surface area (Å²) in [6.07, 6.45) is 2.04. The van der Waals surface area contributed by atoms with Gasteiger partial charge in [0.15, 0.2) is 0 Å². The van der Waals surface area contributed by atoms with Crippen LogP contribution in [0.1, 0.15) is 24.8 Å². The number of fused-ring (bicyclic) bond motifs is 1. The van der Waals surface area contributed by atoms with E-state index in [-0.39, 0.29) is 17.5 Å². The lowest BCUT2D eigenvalue weighted by Crippen LogP contribution is -2.22. The summed E-state index contributed by atoms with van der Waals surface area (Å²) in [4.78, 5) is 23.4. The molecule has 2 aromatic rings. The van der Waals surface area contributed by atoms with Gasteiger partial charge in [-0.2, -0.15) is 0 Å². The van der Waals surface area contributed by atoms with E-state index in [1.54, 1.807) is 11.5 Å². The normalized spacial score (nSPS) is 18.1. The summed E-state index contributed by atoms with van der Waals surface area (Å²) < 4.78 is 6.94. The van der Waals surface area contributed by atoms with Gasteiger partial charge in [0, 0.05) is 12.3 Å². The van der Waals surface area contributed by atoms with Crippen molar-refractivity contribution in [2.24, 2.45) is 5.92 Å². The van der Waals surface area contributed by atoms with Gasteiger partial charge in [0.25, 0.3) is 0 Å². The second kappa shape index (κ2) is 4.53. The van der Waals surface area contributed by atoms with Gasteiger partial charge in [-0.25, -0.2) is 9.36 Å². The molecule has 0 bridgehead atoms. The predicted molar refractivity (Wildman–Crippen MR) is 70.5 cm³/mol. The first-order valence-electron chi connectivity index (χ1n) is 6.46. The number of aromatic nitrogens is 1. The summed E-state index contributed by atoms with van der Waals surface area (Å²) in [6.45, 7) is 1.60. The molecule has 4 nitrogen and oxygen atoms in total. The van der Waals surface area contributed by atoms with Crippen molar-refractivity contribution in [3.8, 4) is 5.69 Å². The fourth-order valence-corrected chi connectivity index (χ4v) is 2.68. The third-order valence-corrected chi connectivity index (χ3v) is 3.74. The zero-order valence-electron chi connectivity index (χ0n) is 10.8. The molecule has 19 heavy (non-hydrogen) atoms. The van der Waals surface area contributed by atoms with Gasteiger partial charge in [-0.3, -0.25) is 4.79 Å². The maximum Gasteiger partial charge on any atom is 0.424 e. The van der Waals surface area contributed by atoms with E-state index in [1.807, 2.05) is 30.3 Å². The standard InChI is InChI=1S/C15H15NO3/c1-10(17)11-7-8-13-14(9-11)19-15(18)16(13)12-5-3-2-4-6-12/h2-6,11H,7-9H2,1H3/t11-/m1/s1. The largest absolute Gasteiger partial charge is 0.424 e. The molecule has 0 radical (unpaired) electrons. The first-order valence-corrected chi connectivity index (χ1v) is 6.46. The van der Waals surface area contributed by atoms with E-state index in [4.69, 9.17) is 4.42 Å². The SMILES string of the molecule is CC(=O)[C@@H]1CCc2c(oc(=O)n2-c2ccccc2)C1. The Morgan fingerprint density at radius 2 is 2.05 bits per heavy atom. The Hall–Kier alpha value is -2.10. The first-order chi connectivity index (χ1) is 9.16. The van der Waals surface area contributed by atoms with Crippen molar-refractivity contribution in [3.05, 3.63) is 52.3 Å². The number of hydrogen-bond donors (Lipinski definition) is 0. The predicted octanol–water partition coefficient (Wildman–Crippen LogP) is 2.12. The number of rotatable bonds is 2. The van der Waals surface area contributed by atoms with Gasteiger partial charge in [0.1, 0.15) is 11.5 Å². The Labute approximate surface area is 110 Å². The summed E-state index contributed by atoms with van der Waals surface area (Å²) in [6, 6.07) is 9.46. The number of oxazole rings is 1. The van der Waals surface area contributed by atoms with Gasteiger partial charge in [-0.1, -0.05) is 18.2 Å². The van der Waals surface area contributed by atoms with Crippen LogP contribution in [0.5, 0.6) is 0 Å². The number of benzene rings is 1. The zero-order valence-corrected chi connectivity index (χ0v) is 10.8. The summed E-state index contributed by atoms with van der Waals surface area (Å²) in [5.41, 5.74) is 1.73. The molecule has 0 saturated heterocycles. The number of nitrogens with zero attached hydrogens (tertiary/aromatic N) is 1. The lowest BCUT2D eigenvalue weighted by molar-refractivity contribution is -0.121.